The molecule has 13 heteroatoms. The van der Waals surface area contributed by atoms with Crippen LogP contribution in [0.2, 0.25) is 0 Å². The molecule has 0 spiro atoms. The molecule has 0 saturated carbocycles. The number of hydrogen-bond donors (Lipinski definition) is 2. The second-order valence-electron chi connectivity index (χ2n) is 13.8. The zero-order valence-electron chi connectivity index (χ0n) is 33.3. The van der Waals surface area contributed by atoms with E-state index in [2.05, 4.69) is 13.8 Å². The quantitative estimate of drug-likeness (QED) is 0.0414. The summed E-state index contributed by atoms with van der Waals surface area (Å²) < 4.78 is 27.4. The first-order chi connectivity index (χ1) is 23.6. The first-order valence-corrected chi connectivity index (χ1v) is 21.5. The monoisotopic (exact) mass is 766 g/mol. The molecule has 292 valence electrons. The largest absolute Gasteiger partial charge is 1.00 e. The zero-order chi connectivity index (χ0) is 36.4. The normalized spacial score (nSPS) is 13.1. The predicted molar refractivity (Wildman–Crippen MR) is 192 cm³/mol. The number of esters is 2. The fourth-order valence-electron chi connectivity index (χ4n) is 5.90. The average molecular weight is 767 g/mol. The molecule has 3 atom stereocenters. The molecule has 0 bridgehead atoms. The molecule has 0 rings (SSSR count). The van der Waals surface area contributed by atoms with Crippen LogP contribution < -0.4 is 68.9 Å². The third-order valence-electron chi connectivity index (χ3n) is 8.98. The molecule has 0 fully saturated rings. The first kappa shape index (κ1) is 56.3. The number of aliphatic hydroxyl groups is 2. The molecule has 10 nitrogen and oxygen atoms in total. The molecule has 0 aliphatic rings. The van der Waals surface area contributed by atoms with Crippen molar-refractivity contribution in [1.29, 1.82) is 0 Å². The van der Waals surface area contributed by atoms with Gasteiger partial charge < -0.3 is 38.8 Å². The summed E-state index contributed by atoms with van der Waals surface area (Å²) in [5.41, 5.74) is 0. The fourth-order valence-corrected chi connectivity index (χ4v) is 6.69. The van der Waals surface area contributed by atoms with E-state index in [4.69, 9.17) is 19.3 Å². The van der Waals surface area contributed by atoms with Crippen LogP contribution in [0.1, 0.15) is 194 Å². The van der Waals surface area contributed by atoms with Crippen molar-refractivity contribution in [3.05, 3.63) is 0 Å². The third kappa shape index (κ3) is 37.7. The molecule has 0 aliphatic heterocycles. The van der Waals surface area contributed by atoms with Crippen molar-refractivity contribution >= 4 is 19.5 Å². The Morgan fingerprint density at radius 1 is 0.569 bits per heavy atom. The van der Waals surface area contributed by atoms with Gasteiger partial charge in [0.25, 0.3) is 0 Å². The summed E-state index contributed by atoms with van der Waals surface area (Å²) in [6.07, 6.45) is 28.0. The average Bonchev–Trinajstić information content (AvgIpc) is 3.07. The van der Waals surface area contributed by atoms with Gasteiger partial charge in [-0.05, 0) is 20.4 Å². The first-order valence-electron chi connectivity index (χ1n) is 19.9. The van der Waals surface area contributed by atoms with E-state index < -0.39 is 50.8 Å². The Morgan fingerprint density at radius 3 is 1.24 bits per heavy atom. The van der Waals surface area contributed by atoms with Gasteiger partial charge in [-0.15, -0.1) is 0 Å². The van der Waals surface area contributed by atoms with Gasteiger partial charge in [-0.2, -0.15) is 0 Å². The van der Waals surface area contributed by atoms with Crippen molar-refractivity contribution in [1.82, 2.24) is 0 Å². The minimum Gasteiger partial charge on any atom is -0.809 e. The Morgan fingerprint density at radius 2 is 0.902 bits per heavy atom. The summed E-state index contributed by atoms with van der Waals surface area (Å²) in [4.78, 5) is 48.1. The minimum absolute atomic E-state index is 0. The zero-order valence-corrected chi connectivity index (χ0v) is 38.2. The number of carbonyl (C=O) groups excluding carboxylic acids is 2. The van der Waals surface area contributed by atoms with Crippen LogP contribution in [-0.2, 0) is 28.4 Å². The SMILES string of the molecule is CCCCCCCCCCCCCCCC(=O)OC[C@H](COC(C(O)CO)P(=O)([O-])[O-])OC(=O)CCCCCCCCCCCCCCC.[Na+].[Na+]. The molecule has 0 aliphatic carbocycles. The van der Waals surface area contributed by atoms with Gasteiger partial charge in [0.15, 0.2) is 6.10 Å². The van der Waals surface area contributed by atoms with Gasteiger partial charge in [-0.3, -0.25) is 9.59 Å². The van der Waals surface area contributed by atoms with Crippen molar-refractivity contribution in [3.8, 4) is 0 Å². The molecule has 51 heavy (non-hydrogen) atoms. The number of carbonyl (C=O) groups is 2. The van der Waals surface area contributed by atoms with E-state index in [1.54, 1.807) is 0 Å². The Balaban J connectivity index is -0.0000115. The van der Waals surface area contributed by atoms with Gasteiger partial charge in [-0.25, -0.2) is 0 Å². The summed E-state index contributed by atoms with van der Waals surface area (Å²) in [5, 5.41) is 18.9. The van der Waals surface area contributed by atoms with Gasteiger partial charge in [0.05, 0.1) is 13.2 Å². The van der Waals surface area contributed by atoms with Gasteiger partial charge in [-0.1, -0.05) is 168 Å². The molecule has 0 amide bonds. The summed E-state index contributed by atoms with van der Waals surface area (Å²) in [6, 6.07) is 0. The number of unbranched alkanes of at least 4 members (excludes halogenated alkanes) is 24. The summed E-state index contributed by atoms with van der Waals surface area (Å²) in [7, 11) is -5.44. The molecule has 2 N–H and O–H groups in total. The Bertz CT molecular complexity index is 818. The van der Waals surface area contributed by atoms with Gasteiger partial charge in [0.2, 0.25) is 0 Å². The smallest absolute Gasteiger partial charge is 0.809 e. The van der Waals surface area contributed by atoms with Crippen LogP contribution in [0.5, 0.6) is 0 Å². The Labute approximate surface area is 355 Å². The van der Waals surface area contributed by atoms with Crippen molar-refractivity contribution in [3.63, 3.8) is 0 Å². The molecular formula is C38H73Na2O10P. The van der Waals surface area contributed by atoms with E-state index in [1.165, 1.54) is 116 Å². The summed E-state index contributed by atoms with van der Waals surface area (Å²) in [6.45, 7) is 2.50. The second kappa shape index (κ2) is 40.6. The number of ether oxygens (including phenoxy) is 3. The van der Waals surface area contributed by atoms with Crippen LogP contribution in [0.25, 0.3) is 0 Å². The maximum absolute atomic E-state index is 12.6. The van der Waals surface area contributed by atoms with E-state index in [0.717, 1.165) is 38.5 Å². The maximum atomic E-state index is 12.6. The van der Waals surface area contributed by atoms with Crippen molar-refractivity contribution in [2.75, 3.05) is 19.8 Å². The molecule has 0 aromatic heterocycles. The van der Waals surface area contributed by atoms with Crippen molar-refractivity contribution in [2.45, 2.75) is 212 Å². The second-order valence-corrected chi connectivity index (χ2v) is 15.4. The Hall–Kier alpha value is 0.970. The molecule has 0 radical (unpaired) electrons. The molecule has 0 heterocycles. The number of hydrogen-bond acceptors (Lipinski definition) is 10. The number of aliphatic hydroxyl groups excluding tert-OH is 2. The summed E-state index contributed by atoms with van der Waals surface area (Å²) >= 11 is 0. The van der Waals surface area contributed by atoms with E-state index in [0.29, 0.717) is 12.8 Å². The fraction of sp³-hybridized carbons (Fsp3) is 0.947. The predicted octanol–water partition coefficient (Wildman–Crippen LogP) is 2.02. The molecular weight excluding hydrogens is 693 g/mol. The Kier molecular flexibility index (Phi) is 44.9. The molecule has 0 aromatic rings. The summed E-state index contributed by atoms with van der Waals surface area (Å²) in [5.74, 6) is -3.23. The van der Waals surface area contributed by atoms with Crippen LogP contribution in [0, 0.1) is 0 Å². The van der Waals surface area contributed by atoms with E-state index in [9.17, 15) is 29.0 Å². The van der Waals surface area contributed by atoms with Crippen LogP contribution in [0.15, 0.2) is 0 Å². The van der Waals surface area contributed by atoms with E-state index >= 15 is 0 Å². The maximum Gasteiger partial charge on any atom is 1.00 e. The molecule has 2 unspecified atom stereocenters. The minimum atomic E-state index is -5.44. The van der Waals surface area contributed by atoms with Crippen molar-refractivity contribution in [2.24, 2.45) is 0 Å². The van der Waals surface area contributed by atoms with Crippen LogP contribution in [-0.4, -0.2) is 60.0 Å². The van der Waals surface area contributed by atoms with E-state index in [-0.39, 0.29) is 78.6 Å². The molecule has 0 aromatic carbocycles. The van der Waals surface area contributed by atoms with Gasteiger partial charge >= 0.3 is 71.1 Å². The topological polar surface area (TPSA) is 165 Å². The molecule has 0 saturated heterocycles. The van der Waals surface area contributed by atoms with Crippen LogP contribution in [0.3, 0.4) is 0 Å². The van der Waals surface area contributed by atoms with Gasteiger partial charge in [0.1, 0.15) is 18.6 Å². The van der Waals surface area contributed by atoms with Crippen LogP contribution in [0.4, 0.5) is 0 Å². The van der Waals surface area contributed by atoms with Gasteiger partial charge in [0, 0.05) is 12.8 Å². The third-order valence-corrected chi connectivity index (χ3v) is 10.1. The number of rotatable bonds is 37. The standard InChI is InChI=1S/C38H75O10P.2Na/c1-3-5-7-9-11-13-15-17-19-21-23-25-27-29-36(41)46-32-34(33-47-38(35(40)31-39)49(43,44)45)48-37(42)30-28-26-24-22-20-18-16-14-12-10-8-6-4-2;;/h34-35,38-40H,3-33H2,1-2H3,(H2,43,44,45);;/q;2*+1/p-2/t34-,35?,38?;;/m1../s1. The van der Waals surface area contributed by atoms with Crippen LogP contribution >= 0.6 is 7.60 Å². The van der Waals surface area contributed by atoms with Crippen molar-refractivity contribution < 1.29 is 107 Å². The van der Waals surface area contributed by atoms with E-state index in [1.807, 2.05) is 0 Å².